The van der Waals surface area contributed by atoms with Crippen LogP contribution in [0.4, 0.5) is 11.6 Å². The van der Waals surface area contributed by atoms with Crippen molar-refractivity contribution in [2.45, 2.75) is 39.5 Å². The predicted molar refractivity (Wildman–Crippen MR) is 74.5 cm³/mol. The third kappa shape index (κ3) is 2.59. The molecule has 0 unspecified atom stereocenters. The molecule has 0 spiro atoms. The standard InChI is InChI=1S/C14H19N5/c1-8-4-11(5-8)14-15-9(2)6-12(17-14)16-13-7-10(3)18-19-13/h6-8,11H,4-5H2,1-3H3,(H2,15,16,17,18,19). The Morgan fingerprint density at radius 3 is 2.58 bits per heavy atom. The van der Waals surface area contributed by atoms with Crippen LogP contribution in [0.15, 0.2) is 12.1 Å². The third-order valence-corrected chi connectivity index (χ3v) is 3.57. The number of anilines is 2. The quantitative estimate of drug-likeness (QED) is 0.886. The average Bonchev–Trinajstić information content (AvgIpc) is 2.70. The summed E-state index contributed by atoms with van der Waals surface area (Å²) >= 11 is 0. The molecule has 0 aromatic carbocycles. The highest BCUT2D eigenvalue weighted by Gasteiger charge is 2.29. The normalized spacial score (nSPS) is 22.1. The second-order valence-electron chi connectivity index (χ2n) is 5.59. The van der Waals surface area contributed by atoms with Crippen LogP contribution < -0.4 is 5.32 Å². The summed E-state index contributed by atoms with van der Waals surface area (Å²) in [7, 11) is 0. The molecular weight excluding hydrogens is 238 g/mol. The van der Waals surface area contributed by atoms with E-state index in [1.807, 2.05) is 26.0 Å². The number of nitrogens with one attached hydrogen (secondary N) is 2. The van der Waals surface area contributed by atoms with Crippen LogP contribution in [-0.2, 0) is 0 Å². The van der Waals surface area contributed by atoms with Crippen molar-refractivity contribution in [2.24, 2.45) is 5.92 Å². The van der Waals surface area contributed by atoms with E-state index in [9.17, 15) is 0 Å². The molecule has 0 aliphatic heterocycles. The molecule has 1 aliphatic rings. The van der Waals surface area contributed by atoms with Gasteiger partial charge < -0.3 is 5.32 Å². The lowest BCUT2D eigenvalue weighted by molar-refractivity contribution is 0.278. The first-order valence-corrected chi connectivity index (χ1v) is 6.75. The zero-order valence-corrected chi connectivity index (χ0v) is 11.6. The SMILES string of the molecule is Cc1cc(Nc2cc(C)[nH]n2)nc(C2CC(C)C2)n1. The van der Waals surface area contributed by atoms with E-state index in [1.54, 1.807) is 0 Å². The number of hydrogen-bond acceptors (Lipinski definition) is 4. The highest BCUT2D eigenvalue weighted by molar-refractivity contribution is 5.52. The fourth-order valence-electron chi connectivity index (χ4n) is 2.56. The van der Waals surface area contributed by atoms with Crippen LogP contribution in [0.5, 0.6) is 0 Å². The minimum Gasteiger partial charge on any atom is -0.323 e. The van der Waals surface area contributed by atoms with Crippen LogP contribution in [0.3, 0.4) is 0 Å². The van der Waals surface area contributed by atoms with Crippen molar-refractivity contribution in [3.05, 3.63) is 29.3 Å². The van der Waals surface area contributed by atoms with Crippen molar-refractivity contribution in [2.75, 3.05) is 5.32 Å². The summed E-state index contributed by atoms with van der Waals surface area (Å²) in [6.07, 6.45) is 2.40. The van der Waals surface area contributed by atoms with Gasteiger partial charge in [-0.1, -0.05) is 6.92 Å². The van der Waals surface area contributed by atoms with Gasteiger partial charge in [0.1, 0.15) is 11.6 Å². The van der Waals surface area contributed by atoms with E-state index in [0.29, 0.717) is 5.92 Å². The summed E-state index contributed by atoms with van der Waals surface area (Å²) in [6.45, 7) is 6.26. The Balaban J connectivity index is 1.81. The van der Waals surface area contributed by atoms with Crippen molar-refractivity contribution in [3.63, 3.8) is 0 Å². The van der Waals surface area contributed by atoms with Gasteiger partial charge in [-0.2, -0.15) is 5.10 Å². The lowest BCUT2D eigenvalue weighted by atomic mass is 9.75. The van der Waals surface area contributed by atoms with Crippen LogP contribution >= 0.6 is 0 Å². The van der Waals surface area contributed by atoms with Crippen LogP contribution in [0.2, 0.25) is 0 Å². The van der Waals surface area contributed by atoms with E-state index < -0.39 is 0 Å². The first-order valence-electron chi connectivity index (χ1n) is 6.75. The Morgan fingerprint density at radius 1 is 1.16 bits per heavy atom. The zero-order valence-electron chi connectivity index (χ0n) is 11.6. The van der Waals surface area contributed by atoms with Crippen molar-refractivity contribution in [3.8, 4) is 0 Å². The van der Waals surface area contributed by atoms with E-state index >= 15 is 0 Å². The Morgan fingerprint density at radius 2 is 1.95 bits per heavy atom. The van der Waals surface area contributed by atoms with E-state index in [4.69, 9.17) is 0 Å². The number of nitrogens with zero attached hydrogens (tertiary/aromatic N) is 3. The summed E-state index contributed by atoms with van der Waals surface area (Å²) in [4.78, 5) is 9.18. The summed E-state index contributed by atoms with van der Waals surface area (Å²) in [5.41, 5.74) is 2.03. The topological polar surface area (TPSA) is 66.5 Å². The van der Waals surface area contributed by atoms with Crippen LogP contribution in [-0.4, -0.2) is 20.2 Å². The molecule has 0 saturated heterocycles. The highest BCUT2D eigenvalue weighted by Crippen LogP contribution is 2.39. The summed E-state index contributed by atoms with van der Waals surface area (Å²) in [5, 5.41) is 10.3. The van der Waals surface area contributed by atoms with E-state index in [-0.39, 0.29) is 0 Å². The summed E-state index contributed by atoms with van der Waals surface area (Å²) in [5.74, 6) is 3.92. The van der Waals surface area contributed by atoms with Gasteiger partial charge in [0.15, 0.2) is 5.82 Å². The first kappa shape index (κ1) is 12.1. The van der Waals surface area contributed by atoms with E-state index in [0.717, 1.165) is 34.8 Å². The lowest BCUT2D eigenvalue weighted by Crippen LogP contribution is -2.21. The fourth-order valence-corrected chi connectivity index (χ4v) is 2.56. The predicted octanol–water partition coefficient (Wildman–Crippen LogP) is 3.07. The first-order chi connectivity index (χ1) is 9.10. The summed E-state index contributed by atoms with van der Waals surface area (Å²) < 4.78 is 0. The van der Waals surface area contributed by atoms with Crippen LogP contribution in [0.25, 0.3) is 0 Å². The maximum Gasteiger partial charge on any atom is 0.153 e. The number of hydrogen-bond donors (Lipinski definition) is 2. The molecule has 1 aliphatic carbocycles. The zero-order chi connectivity index (χ0) is 13.4. The van der Waals surface area contributed by atoms with Gasteiger partial charge in [0.25, 0.3) is 0 Å². The maximum absolute atomic E-state index is 4.62. The molecule has 2 heterocycles. The molecule has 5 nitrogen and oxygen atoms in total. The smallest absolute Gasteiger partial charge is 0.153 e. The van der Waals surface area contributed by atoms with Gasteiger partial charge in [-0.25, -0.2) is 9.97 Å². The van der Waals surface area contributed by atoms with E-state index in [2.05, 4.69) is 32.4 Å². The second-order valence-corrected chi connectivity index (χ2v) is 5.59. The highest BCUT2D eigenvalue weighted by atomic mass is 15.2. The number of aromatic nitrogens is 4. The molecule has 19 heavy (non-hydrogen) atoms. The average molecular weight is 257 g/mol. The molecule has 2 aromatic rings. The van der Waals surface area contributed by atoms with Gasteiger partial charge in [-0.15, -0.1) is 0 Å². The monoisotopic (exact) mass is 257 g/mol. The summed E-state index contributed by atoms with van der Waals surface area (Å²) in [6, 6.07) is 3.91. The molecule has 0 atom stereocenters. The van der Waals surface area contributed by atoms with Crippen LogP contribution in [0.1, 0.15) is 42.9 Å². The Hall–Kier alpha value is -1.91. The van der Waals surface area contributed by atoms with E-state index in [1.165, 1.54) is 12.8 Å². The molecule has 1 saturated carbocycles. The van der Waals surface area contributed by atoms with Gasteiger partial charge >= 0.3 is 0 Å². The van der Waals surface area contributed by atoms with Crippen molar-refractivity contribution in [1.29, 1.82) is 0 Å². The number of H-pyrrole nitrogens is 1. The molecule has 100 valence electrons. The number of rotatable bonds is 3. The fraction of sp³-hybridized carbons (Fsp3) is 0.500. The molecule has 3 rings (SSSR count). The van der Waals surface area contributed by atoms with Gasteiger partial charge in [0.05, 0.1) is 0 Å². The Kier molecular flexibility index (Phi) is 2.97. The Labute approximate surface area is 112 Å². The molecule has 2 aromatic heterocycles. The third-order valence-electron chi connectivity index (χ3n) is 3.57. The van der Waals surface area contributed by atoms with Crippen molar-refractivity contribution < 1.29 is 0 Å². The Bertz CT molecular complexity index is 583. The number of aryl methyl sites for hydroxylation is 2. The number of aromatic amines is 1. The van der Waals surface area contributed by atoms with Gasteiger partial charge in [-0.3, -0.25) is 5.10 Å². The van der Waals surface area contributed by atoms with Gasteiger partial charge in [0.2, 0.25) is 0 Å². The van der Waals surface area contributed by atoms with Gasteiger partial charge in [0, 0.05) is 29.4 Å². The van der Waals surface area contributed by atoms with Crippen molar-refractivity contribution >= 4 is 11.6 Å². The molecule has 0 radical (unpaired) electrons. The second kappa shape index (κ2) is 4.64. The molecule has 5 heteroatoms. The molecule has 0 amide bonds. The minimum atomic E-state index is 0.524. The van der Waals surface area contributed by atoms with Crippen LogP contribution in [0, 0.1) is 19.8 Å². The lowest BCUT2D eigenvalue weighted by Gasteiger charge is -2.31. The largest absolute Gasteiger partial charge is 0.323 e. The molecule has 0 bridgehead atoms. The van der Waals surface area contributed by atoms with Crippen molar-refractivity contribution in [1.82, 2.24) is 20.2 Å². The molecule has 1 fully saturated rings. The minimum absolute atomic E-state index is 0.524. The maximum atomic E-state index is 4.62. The molecule has 2 N–H and O–H groups in total. The van der Waals surface area contributed by atoms with Gasteiger partial charge in [-0.05, 0) is 32.6 Å². The molecular formula is C14H19N5.